The van der Waals surface area contributed by atoms with E-state index in [9.17, 15) is 0 Å². The summed E-state index contributed by atoms with van der Waals surface area (Å²) in [5, 5.41) is 5.78. The molecule has 6 heteroatoms. The molecule has 0 aliphatic heterocycles. The lowest BCUT2D eigenvalue weighted by Gasteiger charge is -2.05. The average molecular weight is 274 g/mol. The lowest BCUT2D eigenvalue weighted by molar-refractivity contribution is -0.782. The third-order valence-electron chi connectivity index (χ3n) is 2.80. The van der Waals surface area contributed by atoms with E-state index in [4.69, 9.17) is 4.52 Å². The Morgan fingerprint density at radius 3 is 2.85 bits per heavy atom. The average Bonchev–Trinajstić information content (AvgIpc) is 2.88. The van der Waals surface area contributed by atoms with E-state index in [0.29, 0.717) is 5.88 Å². The molecule has 0 aliphatic rings. The van der Waals surface area contributed by atoms with E-state index in [1.807, 2.05) is 32.3 Å². The van der Waals surface area contributed by atoms with Crippen molar-refractivity contribution in [2.24, 2.45) is 4.99 Å². The van der Waals surface area contributed by atoms with Gasteiger partial charge in [-0.1, -0.05) is 30.3 Å². The predicted octanol–water partition coefficient (Wildman–Crippen LogP) is 1.49. The minimum atomic E-state index is 0.215. The number of aromatic nitrogens is 2. The SMILES string of the molecule is CC(Cc1ccccc1)[n+]1cc(N=CNN(C)C)on1. The van der Waals surface area contributed by atoms with Gasteiger partial charge in [-0.3, -0.25) is 4.52 Å². The van der Waals surface area contributed by atoms with Crippen LogP contribution in [-0.2, 0) is 6.42 Å². The Balaban J connectivity index is 1.96. The molecule has 1 heterocycles. The molecule has 106 valence electrons. The van der Waals surface area contributed by atoms with Crippen molar-refractivity contribution in [3.63, 3.8) is 0 Å². The lowest BCUT2D eigenvalue weighted by Crippen LogP contribution is -2.39. The van der Waals surface area contributed by atoms with Crippen LogP contribution in [0.4, 0.5) is 5.88 Å². The Morgan fingerprint density at radius 2 is 2.15 bits per heavy atom. The molecule has 0 radical (unpaired) electrons. The summed E-state index contributed by atoms with van der Waals surface area (Å²) in [6.07, 6.45) is 4.26. The van der Waals surface area contributed by atoms with E-state index < -0.39 is 0 Å². The van der Waals surface area contributed by atoms with E-state index in [1.54, 1.807) is 22.2 Å². The van der Waals surface area contributed by atoms with Crippen LogP contribution in [0.1, 0.15) is 18.5 Å². The van der Waals surface area contributed by atoms with E-state index in [0.717, 1.165) is 6.42 Å². The molecule has 6 nitrogen and oxygen atoms in total. The van der Waals surface area contributed by atoms with Crippen molar-refractivity contribution in [2.75, 3.05) is 14.1 Å². The second-order valence-corrected chi connectivity index (χ2v) is 4.84. The van der Waals surface area contributed by atoms with Gasteiger partial charge < -0.3 is 5.43 Å². The molecule has 20 heavy (non-hydrogen) atoms. The smallest absolute Gasteiger partial charge is 0.310 e. The van der Waals surface area contributed by atoms with Gasteiger partial charge in [-0.15, -0.1) is 0 Å². The molecule has 1 atom stereocenters. The maximum absolute atomic E-state index is 5.16. The zero-order valence-electron chi connectivity index (χ0n) is 12.0. The first-order chi connectivity index (χ1) is 9.65. The zero-order valence-corrected chi connectivity index (χ0v) is 12.0. The fourth-order valence-electron chi connectivity index (χ4n) is 1.77. The third kappa shape index (κ3) is 4.17. The van der Waals surface area contributed by atoms with Gasteiger partial charge in [0.05, 0.1) is 0 Å². The number of nitrogens with one attached hydrogen (secondary N) is 1. The summed E-state index contributed by atoms with van der Waals surface area (Å²) in [7, 11) is 3.77. The second kappa shape index (κ2) is 6.81. The molecule has 2 rings (SSSR count). The van der Waals surface area contributed by atoms with Crippen molar-refractivity contribution in [3.8, 4) is 0 Å². The minimum Gasteiger partial charge on any atom is -0.310 e. The summed E-state index contributed by atoms with van der Waals surface area (Å²) in [4.78, 5) is 4.13. The summed E-state index contributed by atoms with van der Waals surface area (Å²) >= 11 is 0. The number of hydrogen-bond acceptors (Lipinski definition) is 4. The van der Waals surface area contributed by atoms with Crippen LogP contribution in [0.5, 0.6) is 0 Å². The Morgan fingerprint density at radius 1 is 1.40 bits per heavy atom. The predicted molar refractivity (Wildman–Crippen MR) is 76.5 cm³/mol. The summed E-state index contributed by atoms with van der Waals surface area (Å²) in [5.41, 5.74) is 4.19. The van der Waals surface area contributed by atoms with Gasteiger partial charge in [0.1, 0.15) is 6.34 Å². The van der Waals surface area contributed by atoms with Crippen molar-refractivity contribution in [1.82, 2.24) is 15.7 Å². The highest BCUT2D eigenvalue weighted by Gasteiger charge is 2.19. The maximum Gasteiger partial charge on any atom is 0.322 e. The third-order valence-corrected chi connectivity index (χ3v) is 2.80. The molecular formula is C14H20N5O+. The quantitative estimate of drug-likeness (QED) is 0.375. The molecule has 2 aromatic rings. The number of hydrazine groups is 1. The van der Waals surface area contributed by atoms with Crippen LogP contribution < -0.4 is 10.1 Å². The van der Waals surface area contributed by atoms with Gasteiger partial charge >= 0.3 is 5.88 Å². The van der Waals surface area contributed by atoms with Gasteiger partial charge in [0.15, 0.2) is 6.04 Å². The van der Waals surface area contributed by atoms with Crippen LogP contribution in [0.15, 0.2) is 46.0 Å². The van der Waals surface area contributed by atoms with Crippen molar-refractivity contribution < 1.29 is 9.20 Å². The standard InChI is InChI=1S/C14H20N5O/c1-12(9-13-7-5-4-6-8-13)19-10-14(20-17-19)15-11-16-18(2)3/h4-8,10-12H,9H2,1-3H3,(H,15,16)/q+1. The number of hydrogen-bond donors (Lipinski definition) is 1. The Labute approximate surface area is 118 Å². The normalized spacial score (nSPS) is 13.0. The first kappa shape index (κ1) is 14.2. The highest BCUT2D eigenvalue weighted by molar-refractivity contribution is 5.57. The molecule has 1 aromatic heterocycles. The van der Waals surface area contributed by atoms with Crippen LogP contribution in [0, 0.1) is 0 Å². The molecule has 1 N–H and O–H groups in total. The topological polar surface area (TPSA) is 57.5 Å². The fraction of sp³-hybridized carbons (Fsp3) is 0.357. The number of nitrogens with zero attached hydrogens (tertiary/aromatic N) is 4. The maximum atomic E-state index is 5.16. The van der Waals surface area contributed by atoms with Crippen LogP contribution in [0.3, 0.4) is 0 Å². The molecule has 0 spiro atoms. The van der Waals surface area contributed by atoms with E-state index >= 15 is 0 Å². The molecule has 0 saturated carbocycles. The van der Waals surface area contributed by atoms with Crippen LogP contribution in [-0.4, -0.2) is 30.7 Å². The molecule has 1 aromatic carbocycles. The Bertz CT molecular complexity index is 550. The molecule has 0 aliphatic carbocycles. The highest BCUT2D eigenvalue weighted by atomic mass is 16.5. The lowest BCUT2D eigenvalue weighted by atomic mass is 10.1. The van der Waals surface area contributed by atoms with Crippen LogP contribution in [0.25, 0.3) is 0 Å². The van der Waals surface area contributed by atoms with Gasteiger partial charge in [-0.2, -0.15) is 4.99 Å². The van der Waals surface area contributed by atoms with Crippen LogP contribution >= 0.6 is 0 Å². The number of rotatable bonds is 6. The van der Waals surface area contributed by atoms with Crippen molar-refractivity contribution in [1.29, 1.82) is 0 Å². The van der Waals surface area contributed by atoms with E-state index in [-0.39, 0.29) is 6.04 Å². The van der Waals surface area contributed by atoms with Crippen LogP contribution in [0.2, 0.25) is 0 Å². The minimum absolute atomic E-state index is 0.215. The van der Waals surface area contributed by atoms with E-state index in [2.05, 4.69) is 34.7 Å². The van der Waals surface area contributed by atoms with Gasteiger partial charge in [0.25, 0.3) is 6.20 Å². The zero-order chi connectivity index (χ0) is 14.4. The first-order valence-electron chi connectivity index (χ1n) is 6.53. The largest absolute Gasteiger partial charge is 0.322 e. The van der Waals surface area contributed by atoms with Gasteiger partial charge in [0.2, 0.25) is 5.27 Å². The van der Waals surface area contributed by atoms with Crippen molar-refractivity contribution in [3.05, 3.63) is 42.1 Å². The second-order valence-electron chi connectivity index (χ2n) is 4.84. The number of aliphatic imine (C=N–C) groups is 1. The summed E-state index contributed by atoms with van der Waals surface area (Å²) in [6, 6.07) is 10.5. The molecule has 0 bridgehead atoms. The summed E-state index contributed by atoms with van der Waals surface area (Å²) in [5.74, 6) is 0.472. The van der Waals surface area contributed by atoms with Gasteiger partial charge in [0, 0.05) is 27.4 Å². The fourth-order valence-corrected chi connectivity index (χ4v) is 1.77. The molecule has 0 fully saturated rings. The molecule has 0 saturated heterocycles. The monoisotopic (exact) mass is 274 g/mol. The van der Waals surface area contributed by atoms with Crippen molar-refractivity contribution >= 4 is 12.2 Å². The van der Waals surface area contributed by atoms with Crippen molar-refractivity contribution in [2.45, 2.75) is 19.4 Å². The molecular weight excluding hydrogens is 254 g/mol. The van der Waals surface area contributed by atoms with Gasteiger partial charge in [-0.25, -0.2) is 5.01 Å². The highest BCUT2D eigenvalue weighted by Crippen LogP contribution is 2.10. The molecule has 1 unspecified atom stereocenters. The summed E-state index contributed by atoms with van der Waals surface area (Å²) in [6.45, 7) is 2.10. The van der Waals surface area contributed by atoms with E-state index in [1.165, 1.54) is 5.56 Å². The number of benzene rings is 1. The Kier molecular flexibility index (Phi) is 4.84. The first-order valence-corrected chi connectivity index (χ1v) is 6.53. The van der Waals surface area contributed by atoms with Gasteiger partial charge in [-0.05, 0) is 10.2 Å². The Hall–Kier alpha value is -2.21. The summed E-state index contributed by atoms with van der Waals surface area (Å²) < 4.78 is 6.95. The molecule has 0 amide bonds.